The summed E-state index contributed by atoms with van der Waals surface area (Å²) in [6.07, 6.45) is 7.86. The molecule has 1 N–H and O–H groups in total. The molecule has 2 aromatic heterocycles. The monoisotopic (exact) mass is 456 g/mol. The molecule has 0 aromatic carbocycles. The smallest absolute Gasteiger partial charge is 0.267 e. The van der Waals surface area contributed by atoms with E-state index in [-0.39, 0.29) is 23.6 Å². The Morgan fingerprint density at radius 2 is 1.94 bits per heavy atom. The number of anilines is 1. The SMILES string of the molecule is Cc1ccc2nc(NC3CCC(C)CC3)c(/C=C3/SC(=S)N(C(C)C)C3=O)c(=O)n2c1. The molecule has 2 aliphatic rings. The third kappa shape index (κ3) is 4.41. The van der Waals surface area contributed by atoms with E-state index in [1.54, 1.807) is 21.6 Å². The summed E-state index contributed by atoms with van der Waals surface area (Å²) in [6.45, 7) is 8.08. The van der Waals surface area contributed by atoms with Gasteiger partial charge in [0.25, 0.3) is 11.5 Å². The normalized spacial score (nSPS) is 23.4. The number of nitrogens with one attached hydrogen (secondary N) is 1. The van der Waals surface area contributed by atoms with E-state index in [0.29, 0.717) is 26.3 Å². The highest BCUT2D eigenvalue weighted by Crippen LogP contribution is 2.34. The van der Waals surface area contributed by atoms with Gasteiger partial charge in [-0.1, -0.05) is 37.0 Å². The van der Waals surface area contributed by atoms with Crippen LogP contribution in [0.4, 0.5) is 5.82 Å². The lowest BCUT2D eigenvalue weighted by Crippen LogP contribution is -2.34. The lowest BCUT2D eigenvalue weighted by Gasteiger charge is -2.27. The molecular weight excluding hydrogens is 428 g/mol. The molecule has 1 amide bonds. The summed E-state index contributed by atoms with van der Waals surface area (Å²) in [5, 5.41) is 3.52. The van der Waals surface area contributed by atoms with E-state index in [2.05, 4.69) is 12.2 Å². The number of pyridine rings is 1. The van der Waals surface area contributed by atoms with Crippen LogP contribution in [0.3, 0.4) is 0 Å². The molecule has 2 fully saturated rings. The second-order valence-electron chi connectivity index (χ2n) is 8.86. The van der Waals surface area contributed by atoms with Crippen molar-refractivity contribution in [2.24, 2.45) is 5.92 Å². The van der Waals surface area contributed by atoms with Crippen LogP contribution in [0, 0.1) is 12.8 Å². The number of thioether (sulfide) groups is 1. The van der Waals surface area contributed by atoms with Gasteiger partial charge in [0.05, 0.1) is 10.5 Å². The fourth-order valence-corrected chi connectivity index (χ4v) is 5.66. The summed E-state index contributed by atoms with van der Waals surface area (Å²) >= 11 is 6.64. The average molecular weight is 457 g/mol. The Kier molecular flexibility index (Phi) is 6.21. The van der Waals surface area contributed by atoms with Crippen LogP contribution in [-0.2, 0) is 4.79 Å². The van der Waals surface area contributed by atoms with Crippen molar-refractivity contribution in [3.63, 3.8) is 0 Å². The highest BCUT2D eigenvalue weighted by atomic mass is 32.2. The van der Waals surface area contributed by atoms with Crippen molar-refractivity contribution in [2.45, 2.75) is 65.5 Å². The largest absolute Gasteiger partial charge is 0.367 e. The van der Waals surface area contributed by atoms with E-state index >= 15 is 0 Å². The number of hydrogen-bond donors (Lipinski definition) is 1. The molecule has 0 atom stereocenters. The molecule has 6 nitrogen and oxygen atoms in total. The van der Waals surface area contributed by atoms with Crippen LogP contribution in [0.1, 0.15) is 57.6 Å². The average Bonchev–Trinajstić information content (AvgIpc) is 3.00. The Hall–Kier alpha value is -2.19. The number of aromatic nitrogens is 2. The van der Waals surface area contributed by atoms with Crippen LogP contribution in [0.15, 0.2) is 28.0 Å². The molecule has 3 heterocycles. The maximum absolute atomic E-state index is 13.5. The van der Waals surface area contributed by atoms with Crippen LogP contribution < -0.4 is 10.9 Å². The van der Waals surface area contributed by atoms with Crippen LogP contribution in [0.25, 0.3) is 11.7 Å². The zero-order valence-corrected chi connectivity index (χ0v) is 20.0. The minimum absolute atomic E-state index is 0.0290. The Morgan fingerprint density at radius 1 is 1.23 bits per heavy atom. The van der Waals surface area contributed by atoms with Crippen molar-refractivity contribution in [3.05, 3.63) is 44.7 Å². The molecule has 4 rings (SSSR count). The molecule has 0 spiro atoms. The van der Waals surface area contributed by atoms with Gasteiger partial charge in [-0.3, -0.25) is 18.9 Å². The van der Waals surface area contributed by atoms with E-state index in [1.165, 1.54) is 11.8 Å². The van der Waals surface area contributed by atoms with Crippen molar-refractivity contribution in [1.82, 2.24) is 14.3 Å². The van der Waals surface area contributed by atoms with Gasteiger partial charge in [-0.15, -0.1) is 0 Å². The standard InChI is InChI=1S/C23H28N4O2S2/c1-13(2)27-22(29)18(31-23(27)30)11-17-20(24-16-8-5-14(3)6-9-16)25-19-10-7-15(4)12-26(19)21(17)28/h7,10-14,16,24H,5-6,8-9H2,1-4H3/b18-11+. The number of thiocarbonyl (C=S) groups is 1. The maximum atomic E-state index is 13.5. The summed E-state index contributed by atoms with van der Waals surface area (Å²) < 4.78 is 2.07. The Balaban J connectivity index is 1.80. The Morgan fingerprint density at radius 3 is 2.58 bits per heavy atom. The van der Waals surface area contributed by atoms with Crippen molar-refractivity contribution >= 4 is 51.7 Å². The molecule has 2 aromatic rings. The quantitative estimate of drug-likeness (QED) is 0.536. The minimum atomic E-state index is -0.185. The summed E-state index contributed by atoms with van der Waals surface area (Å²) in [5.74, 6) is 1.12. The number of rotatable bonds is 4. The molecule has 1 aliphatic carbocycles. The van der Waals surface area contributed by atoms with Gasteiger partial charge in [-0.05, 0) is 70.1 Å². The molecule has 0 unspecified atom stereocenters. The molecule has 31 heavy (non-hydrogen) atoms. The van der Waals surface area contributed by atoms with Gasteiger partial charge < -0.3 is 5.32 Å². The van der Waals surface area contributed by atoms with Gasteiger partial charge in [-0.25, -0.2) is 4.98 Å². The van der Waals surface area contributed by atoms with Crippen LogP contribution in [0.2, 0.25) is 0 Å². The van der Waals surface area contributed by atoms with Crippen molar-refractivity contribution in [3.8, 4) is 0 Å². The van der Waals surface area contributed by atoms with E-state index in [9.17, 15) is 9.59 Å². The minimum Gasteiger partial charge on any atom is -0.367 e. The first-order chi connectivity index (χ1) is 14.7. The fourth-order valence-electron chi connectivity index (χ4n) is 4.15. The summed E-state index contributed by atoms with van der Waals surface area (Å²) in [6, 6.07) is 4.04. The second kappa shape index (κ2) is 8.74. The number of fused-ring (bicyclic) bond motifs is 1. The predicted octanol–water partition coefficient (Wildman–Crippen LogP) is 4.60. The topological polar surface area (TPSA) is 66.7 Å². The third-order valence-electron chi connectivity index (χ3n) is 5.98. The van der Waals surface area contributed by atoms with Crippen LogP contribution in [0.5, 0.6) is 0 Å². The van der Waals surface area contributed by atoms with E-state index in [0.717, 1.165) is 37.2 Å². The number of carbonyl (C=O) groups is 1. The molecule has 0 bridgehead atoms. The van der Waals surface area contributed by atoms with E-state index < -0.39 is 0 Å². The number of amides is 1. The molecule has 8 heteroatoms. The molecular formula is C23H28N4O2S2. The van der Waals surface area contributed by atoms with Gasteiger partial charge in [0.2, 0.25) is 0 Å². The summed E-state index contributed by atoms with van der Waals surface area (Å²) in [7, 11) is 0. The summed E-state index contributed by atoms with van der Waals surface area (Å²) in [4.78, 5) is 33.2. The maximum Gasteiger partial charge on any atom is 0.267 e. The molecule has 1 aliphatic heterocycles. The molecule has 1 saturated heterocycles. The first kappa shape index (κ1) is 22.0. The third-order valence-corrected chi connectivity index (χ3v) is 7.31. The number of aryl methyl sites for hydroxylation is 1. The zero-order chi connectivity index (χ0) is 22.3. The number of nitrogens with zero attached hydrogens (tertiary/aromatic N) is 3. The second-order valence-corrected chi connectivity index (χ2v) is 10.5. The van der Waals surface area contributed by atoms with Crippen molar-refractivity contribution < 1.29 is 4.79 Å². The molecule has 0 radical (unpaired) electrons. The Labute approximate surface area is 192 Å². The van der Waals surface area contributed by atoms with Crippen LogP contribution in [-0.4, -0.2) is 36.6 Å². The first-order valence-electron chi connectivity index (χ1n) is 10.8. The molecule has 164 valence electrons. The van der Waals surface area contributed by atoms with E-state index in [4.69, 9.17) is 17.2 Å². The Bertz CT molecular complexity index is 1130. The van der Waals surface area contributed by atoms with Gasteiger partial charge in [0.15, 0.2) is 0 Å². The predicted molar refractivity (Wildman–Crippen MR) is 131 cm³/mol. The number of carbonyl (C=O) groups excluding carboxylic acids is 1. The van der Waals surface area contributed by atoms with Gasteiger partial charge >= 0.3 is 0 Å². The van der Waals surface area contributed by atoms with E-state index in [1.807, 2.05) is 32.9 Å². The van der Waals surface area contributed by atoms with Crippen LogP contribution >= 0.6 is 24.0 Å². The highest BCUT2D eigenvalue weighted by molar-refractivity contribution is 8.26. The van der Waals surface area contributed by atoms with Gasteiger partial charge in [0, 0.05) is 18.3 Å². The number of hydrogen-bond acceptors (Lipinski definition) is 6. The lowest BCUT2D eigenvalue weighted by molar-refractivity contribution is -0.123. The van der Waals surface area contributed by atoms with Gasteiger partial charge in [-0.2, -0.15) is 0 Å². The lowest BCUT2D eigenvalue weighted by atomic mass is 9.87. The summed E-state index contributed by atoms with van der Waals surface area (Å²) in [5.41, 5.74) is 1.78. The molecule has 1 saturated carbocycles. The van der Waals surface area contributed by atoms with Gasteiger partial charge in [0.1, 0.15) is 15.8 Å². The first-order valence-corrected chi connectivity index (χ1v) is 12.0. The zero-order valence-electron chi connectivity index (χ0n) is 18.3. The highest BCUT2D eigenvalue weighted by Gasteiger charge is 2.34. The van der Waals surface area contributed by atoms with Crippen molar-refractivity contribution in [2.75, 3.05) is 5.32 Å². The van der Waals surface area contributed by atoms with Crippen molar-refractivity contribution in [1.29, 1.82) is 0 Å². The fraction of sp³-hybridized carbons (Fsp3) is 0.478.